The predicted molar refractivity (Wildman–Crippen MR) is 150 cm³/mol. The molecule has 0 atom stereocenters. The molecule has 8 heteroatoms. The molecule has 1 aliphatic rings. The van der Waals surface area contributed by atoms with Crippen LogP contribution in [0.15, 0.2) is 60.2 Å². The Morgan fingerprint density at radius 1 is 0.949 bits per heavy atom. The lowest BCUT2D eigenvalue weighted by atomic mass is 9.69. The van der Waals surface area contributed by atoms with Crippen molar-refractivity contribution >= 4 is 24.1 Å². The molecule has 0 heterocycles. The highest BCUT2D eigenvalue weighted by molar-refractivity contribution is 6.05. The Hall–Kier alpha value is -3.94. The number of unbranched alkanes of at least 4 members (excludes halogenated alkanes) is 3. The summed E-state index contributed by atoms with van der Waals surface area (Å²) in [6, 6.07) is 12.3. The Morgan fingerprint density at radius 3 is 2.38 bits per heavy atom. The molecule has 3 rings (SSSR count). The molecule has 1 saturated carbocycles. The molecule has 0 aliphatic heterocycles. The minimum absolute atomic E-state index is 0.110. The van der Waals surface area contributed by atoms with E-state index in [0.717, 1.165) is 38.0 Å². The van der Waals surface area contributed by atoms with Crippen molar-refractivity contribution in [1.82, 2.24) is 0 Å². The zero-order chi connectivity index (χ0) is 28.0. The summed E-state index contributed by atoms with van der Waals surface area (Å²) in [5.74, 6) is 5.31. The van der Waals surface area contributed by atoms with E-state index in [-0.39, 0.29) is 23.7 Å². The van der Waals surface area contributed by atoms with Gasteiger partial charge in [-0.25, -0.2) is 14.4 Å². The number of esters is 3. The van der Waals surface area contributed by atoms with Crippen LogP contribution < -0.4 is 10.6 Å². The second kappa shape index (κ2) is 15.5. The molecule has 0 bridgehead atoms. The summed E-state index contributed by atoms with van der Waals surface area (Å²) in [7, 11) is 0. The van der Waals surface area contributed by atoms with Crippen LogP contribution in [-0.2, 0) is 14.3 Å². The molecule has 8 nitrogen and oxygen atoms in total. The van der Waals surface area contributed by atoms with Crippen LogP contribution in [0.4, 0.5) is 0 Å². The summed E-state index contributed by atoms with van der Waals surface area (Å²) in [5, 5.41) is 3.48. The van der Waals surface area contributed by atoms with Crippen molar-refractivity contribution in [2.45, 2.75) is 64.2 Å². The largest absolute Gasteiger partial charge is 0.463 e. The molecule has 0 amide bonds. The Bertz CT molecular complexity index is 1150. The lowest BCUT2D eigenvalue weighted by Gasteiger charge is -2.36. The zero-order valence-corrected chi connectivity index (χ0v) is 22.6. The number of nitrogens with zero attached hydrogens (tertiary/aromatic N) is 1. The van der Waals surface area contributed by atoms with Crippen LogP contribution in [0.1, 0.15) is 96.1 Å². The van der Waals surface area contributed by atoms with Gasteiger partial charge in [0.1, 0.15) is 5.75 Å². The number of nitrogens with two attached hydrogens (primary N) is 1. The lowest BCUT2D eigenvalue weighted by Crippen LogP contribution is -2.21. The summed E-state index contributed by atoms with van der Waals surface area (Å²) in [6.45, 7) is 5.99. The fourth-order valence-electron chi connectivity index (χ4n) is 4.68. The molecular formula is C31H38N2O6. The predicted octanol–water partition coefficient (Wildman–Crippen LogP) is 5.94. The lowest BCUT2D eigenvalue weighted by molar-refractivity contribution is -0.137. The van der Waals surface area contributed by atoms with Gasteiger partial charge in [-0.3, -0.25) is 0 Å². The monoisotopic (exact) mass is 534 g/mol. The van der Waals surface area contributed by atoms with Gasteiger partial charge in [-0.2, -0.15) is 5.10 Å². The number of hydrogen-bond acceptors (Lipinski definition) is 8. The average molecular weight is 535 g/mol. The molecule has 0 aromatic heterocycles. The first kappa shape index (κ1) is 29.6. The van der Waals surface area contributed by atoms with E-state index in [4.69, 9.17) is 20.1 Å². The Balaban J connectivity index is 1.46. The van der Waals surface area contributed by atoms with Crippen LogP contribution in [0.5, 0.6) is 5.75 Å². The SMILES string of the molecule is C=CC(=O)OCCCCCCC1CC(c2ccc(OC(=O)c3ccc(/C=N/N)cc3C(=O)OCCC)cc2)C1. The normalized spacial score (nSPS) is 16.3. The Labute approximate surface area is 230 Å². The summed E-state index contributed by atoms with van der Waals surface area (Å²) in [5.41, 5.74) is 2.05. The molecule has 0 spiro atoms. The topological polar surface area (TPSA) is 117 Å². The van der Waals surface area contributed by atoms with Crippen LogP contribution in [0, 0.1) is 5.92 Å². The molecule has 2 aromatic carbocycles. The first-order valence-corrected chi connectivity index (χ1v) is 13.6. The minimum atomic E-state index is -0.634. The minimum Gasteiger partial charge on any atom is -0.463 e. The highest BCUT2D eigenvalue weighted by atomic mass is 16.5. The van der Waals surface area contributed by atoms with Crippen molar-refractivity contribution in [3.8, 4) is 5.75 Å². The molecular weight excluding hydrogens is 496 g/mol. The number of hydrogen-bond donors (Lipinski definition) is 1. The van der Waals surface area contributed by atoms with Crippen molar-refractivity contribution in [3.05, 3.63) is 77.4 Å². The molecule has 0 unspecified atom stereocenters. The number of hydrazone groups is 1. The van der Waals surface area contributed by atoms with Gasteiger partial charge in [0.15, 0.2) is 0 Å². The molecule has 2 N–H and O–H groups in total. The van der Waals surface area contributed by atoms with Crippen LogP contribution >= 0.6 is 0 Å². The number of ether oxygens (including phenoxy) is 3. The van der Waals surface area contributed by atoms with Gasteiger partial charge in [0.2, 0.25) is 0 Å². The third-order valence-corrected chi connectivity index (χ3v) is 6.86. The molecule has 208 valence electrons. The first-order valence-electron chi connectivity index (χ1n) is 13.6. The van der Waals surface area contributed by atoms with Crippen LogP contribution in [0.25, 0.3) is 0 Å². The second-order valence-electron chi connectivity index (χ2n) is 9.79. The summed E-state index contributed by atoms with van der Waals surface area (Å²) in [4.78, 5) is 36.5. The van der Waals surface area contributed by atoms with Gasteiger partial charge in [-0.15, -0.1) is 0 Å². The van der Waals surface area contributed by atoms with Crippen molar-refractivity contribution in [2.24, 2.45) is 16.9 Å². The van der Waals surface area contributed by atoms with Gasteiger partial charge < -0.3 is 20.1 Å². The third-order valence-electron chi connectivity index (χ3n) is 6.86. The average Bonchev–Trinajstić information content (AvgIpc) is 2.92. The van der Waals surface area contributed by atoms with Crippen molar-refractivity contribution in [3.63, 3.8) is 0 Å². The van der Waals surface area contributed by atoms with Crippen LogP contribution in [0.2, 0.25) is 0 Å². The van der Waals surface area contributed by atoms with Gasteiger partial charge in [-0.05, 0) is 72.9 Å². The maximum atomic E-state index is 12.9. The molecule has 0 saturated heterocycles. The van der Waals surface area contributed by atoms with Gasteiger partial charge in [0.25, 0.3) is 0 Å². The molecule has 39 heavy (non-hydrogen) atoms. The van der Waals surface area contributed by atoms with Gasteiger partial charge in [-0.1, -0.05) is 57.4 Å². The number of carbonyl (C=O) groups excluding carboxylic acids is 3. The molecule has 1 aliphatic carbocycles. The standard InChI is InChI=1S/C31H38N2O6/c1-3-16-38-30(35)28-20-23(21-33-32)10-15-27(28)31(36)39-26-13-11-24(12-14-26)25-18-22(19-25)9-7-5-6-8-17-37-29(34)4-2/h4,10-15,20-22,25H,2-3,5-9,16-19,32H2,1H3/b33-21+. The van der Waals surface area contributed by atoms with E-state index in [1.807, 2.05) is 19.1 Å². The first-order chi connectivity index (χ1) is 18.9. The van der Waals surface area contributed by atoms with E-state index >= 15 is 0 Å². The third kappa shape index (κ3) is 9.09. The highest BCUT2D eigenvalue weighted by Gasteiger charge is 2.29. The van der Waals surface area contributed by atoms with E-state index in [1.165, 1.54) is 42.8 Å². The summed E-state index contributed by atoms with van der Waals surface area (Å²) < 4.78 is 15.8. The fraction of sp³-hybridized carbons (Fsp3) is 0.419. The van der Waals surface area contributed by atoms with Gasteiger partial charge >= 0.3 is 17.9 Å². The number of rotatable bonds is 15. The zero-order valence-electron chi connectivity index (χ0n) is 22.6. The Kier molecular flexibility index (Phi) is 11.7. The number of benzene rings is 2. The van der Waals surface area contributed by atoms with E-state index in [2.05, 4.69) is 11.7 Å². The van der Waals surface area contributed by atoms with Gasteiger partial charge in [0, 0.05) is 6.08 Å². The maximum Gasteiger partial charge on any atom is 0.344 e. The molecule has 2 aromatic rings. The molecule has 0 radical (unpaired) electrons. The van der Waals surface area contributed by atoms with Crippen molar-refractivity contribution in [1.29, 1.82) is 0 Å². The summed E-state index contributed by atoms with van der Waals surface area (Å²) >= 11 is 0. The maximum absolute atomic E-state index is 12.9. The van der Waals surface area contributed by atoms with E-state index in [9.17, 15) is 14.4 Å². The van der Waals surface area contributed by atoms with E-state index in [1.54, 1.807) is 18.2 Å². The highest BCUT2D eigenvalue weighted by Crippen LogP contribution is 2.44. The molecule has 1 fully saturated rings. The van der Waals surface area contributed by atoms with Gasteiger partial charge in [0.05, 0.1) is 30.6 Å². The summed E-state index contributed by atoms with van der Waals surface area (Å²) in [6.07, 6.45) is 11.1. The van der Waals surface area contributed by atoms with E-state index in [0.29, 0.717) is 30.3 Å². The fourth-order valence-corrected chi connectivity index (χ4v) is 4.68. The number of carbonyl (C=O) groups is 3. The van der Waals surface area contributed by atoms with Crippen molar-refractivity contribution in [2.75, 3.05) is 13.2 Å². The second-order valence-corrected chi connectivity index (χ2v) is 9.79. The van der Waals surface area contributed by atoms with E-state index < -0.39 is 11.9 Å². The smallest absolute Gasteiger partial charge is 0.344 e. The quantitative estimate of drug-likeness (QED) is 0.0572. The van der Waals surface area contributed by atoms with Crippen molar-refractivity contribution < 1.29 is 28.6 Å². The Morgan fingerprint density at radius 2 is 1.69 bits per heavy atom. The van der Waals surface area contributed by atoms with Crippen LogP contribution in [-0.4, -0.2) is 37.3 Å². The van der Waals surface area contributed by atoms with Crippen LogP contribution in [0.3, 0.4) is 0 Å².